The molecule has 1 aromatic rings. The highest BCUT2D eigenvalue weighted by molar-refractivity contribution is 5.93. The highest BCUT2D eigenvalue weighted by Gasteiger charge is 2.39. The number of benzene rings is 1. The zero-order chi connectivity index (χ0) is 15.1. The van der Waals surface area contributed by atoms with Gasteiger partial charge in [0.25, 0.3) is 0 Å². The number of hydrogen-bond donors (Lipinski definition) is 0. The average Bonchev–Trinajstić information content (AvgIpc) is 2.89. The molecule has 1 saturated carbocycles. The van der Waals surface area contributed by atoms with Crippen molar-refractivity contribution in [2.24, 2.45) is 11.8 Å². The van der Waals surface area contributed by atoms with Gasteiger partial charge in [0.05, 0.1) is 5.56 Å². The average molecular weight is 282 g/mol. The number of hydrogen-bond acceptors (Lipinski definition) is 2. The molecular formula is C19H22O2. The number of esters is 1. The lowest BCUT2D eigenvalue weighted by Crippen LogP contribution is -2.24. The Kier molecular flexibility index (Phi) is 3.48. The Bertz CT molecular complexity index is 616. The Morgan fingerprint density at radius 1 is 1.14 bits per heavy atom. The van der Waals surface area contributed by atoms with Crippen molar-refractivity contribution in [2.45, 2.75) is 39.7 Å². The third-order valence-corrected chi connectivity index (χ3v) is 4.69. The number of carbonyl (C=O) groups is 1. The zero-order valence-corrected chi connectivity index (χ0v) is 13.0. The number of allylic oxidation sites excluding steroid dienone is 2. The minimum Gasteiger partial charge on any atom is -0.454 e. The van der Waals surface area contributed by atoms with E-state index in [1.165, 1.54) is 11.1 Å². The minimum atomic E-state index is -0.196. The Labute approximate surface area is 126 Å². The molecule has 0 bridgehead atoms. The molecule has 2 aliphatic rings. The highest BCUT2D eigenvalue weighted by Crippen LogP contribution is 2.43. The molecule has 0 N–H and O–H groups in total. The molecule has 0 radical (unpaired) electrons. The monoisotopic (exact) mass is 282 g/mol. The van der Waals surface area contributed by atoms with Gasteiger partial charge in [-0.3, -0.25) is 0 Å². The lowest BCUT2D eigenvalue weighted by atomic mass is 9.97. The summed E-state index contributed by atoms with van der Waals surface area (Å²) in [6.45, 7) is 10.1. The first-order valence-electron chi connectivity index (χ1n) is 7.59. The first-order chi connectivity index (χ1) is 9.95. The highest BCUT2D eigenvalue weighted by atomic mass is 16.5. The quantitative estimate of drug-likeness (QED) is 0.597. The van der Waals surface area contributed by atoms with E-state index in [1.807, 2.05) is 32.9 Å². The van der Waals surface area contributed by atoms with Gasteiger partial charge in [0.15, 0.2) is 0 Å². The molecule has 0 aliphatic heterocycles. The van der Waals surface area contributed by atoms with E-state index in [-0.39, 0.29) is 12.1 Å². The van der Waals surface area contributed by atoms with Crippen molar-refractivity contribution in [2.75, 3.05) is 0 Å². The number of carbonyl (C=O) groups excluding carboxylic acids is 1. The van der Waals surface area contributed by atoms with E-state index in [1.54, 1.807) is 0 Å². The molecule has 2 aliphatic carbocycles. The van der Waals surface area contributed by atoms with Crippen LogP contribution in [0.15, 0.2) is 36.4 Å². The van der Waals surface area contributed by atoms with Crippen molar-refractivity contribution in [3.05, 3.63) is 58.7 Å². The van der Waals surface area contributed by atoms with Crippen LogP contribution in [0.1, 0.15) is 39.9 Å². The van der Waals surface area contributed by atoms with E-state index in [0.29, 0.717) is 17.4 Å². The first-order valence-corrected chi connectivity index (χ1v) is 7.59. The van der Waals surface area contributed by atoms with Crippen molar-refractivity contribution in [1.82, 2.24) is 0 Å². The molecule has 0 saturated heterocycles. The van der Waals surface area contributed by atoms with Crippen LogP contribution < -0.4 is 0 Å². The summed E-state index contributed by atoms with van der Waals surface area (Å²) < 4.78 is 5.79. The summed E-state index contributed by atoms with van der Waals surface area (Å²) in [7, 11) is 0. The fraction of sp³-hybridized carbons (Fsp3) is 0.421. The molecule has 0 heterocycles. The van der Waals surface area contributed by atoms with Gasteiger partial charge in [0.2, 0.25) is 0 Å². The maximum atomic E-state index is 12.5. The molecule has 1 aromatic carbocycles. The van der Waals surface area contributed by atoms with E-state index in [9.17, 15) is 4.79 Å². The molecule has 0 spiro atoms. The minimum absolute atomic E-state index is 0.0955. The van der Waals surface area contributed by atoms with E-state index in [2.05, 4.69) is 18.7 Å². The summed E-state index contributed by atoms with van der Waals surface area (Å²) in [5, 5.41) is 0. The first kappa shape index (κ1) is 14.1. The van der Waals surface area contributed by atoms with Crippen molar-refractivity contribution >= 4 is 5.97 Å². The van der Waals surface area contributed by atoms with Crippen LogP contribution in [-0.2, 0) is 4.74 Å². The van der Waals surface area contributed by atoms with E-state index >= 15 is 0 Å². The second-order valence-electron chi connectivity index (χ2n) is 6.51. The van der Waals surface area contributed by atoms with Gasteiger partial charge in [-0.25, -0.2) is 4.79 Å². The summed E-state index contributed by atoms with van der Waals surface area (Å²) in [6.07, 6.45) is 6.16. The summed E-state index contributed by atoms with van der Waals surface area (Å²) in [5.74, 6) is 0.709. The van der Waals surface area contributed by atoms with Gasteiger partial charge in [0, 0.05) is 5.92 Å². The van der Waals surface area contributed by atoms with E-state index in [4.69, 9.17) is 4.74 Å². The van der Waals surface area contributed by atoms with E-state index < -0.39 is 0 Å². The molecule has 110 valence electrons. The molecule has 0 amide bonds. The predicted octanol–water partition coefficient (Wildman–Crippen LogP) is 4.29. The molecule has 0 aromatic heterocycles. The summed E-state index contributed by atoms with van der Waals surface area (Å²) in [5.41, 5.74) is 5.15. The zero-order valence-electron chi connectivity index (χ0n) is 13.0. The molecular weight excluding hydrogens is 260 g/mol. The van der Waals surface area contributed by atoms with Crippen LogP contribution in [0.25, 0.3) is 0 Å². The van der Waals surface area contributed by atoms with E-state index in [0.717, 1.165) is 24.0 Å². The van der Waals surface area contributed by atoms with Crippen LogP contribution in [0.4, 0.5) is 0 Å². The predicted molar refractivity (Wildman–Crippen MR) is 84.4 cm³/mol. The van der Waals surface area contributed by atoms with Crippen molar-refractivity contribution in [3.8, 4) is 0 Å². The number of aryl methyl sites for hydroxylation is 3. The smallest absolute Gasteiger partial charge is 0.339 e. The maximum Gasteiger partial charge on any atom is 0.339 e. The van der Waals surface area contributed by atoms with Gasteiger partial charge < -0.3 is 4.74 Å². The Hall–Kier alpha value is -1.83. The fourth-order valence-corrected chi connectivity index (χ4v) is 3.83. The van der Waals surface area contributed by atoms with Crippen LogP contribution in [0.3, 0.4) is 0 Å². The third-order valence-electron chi connectivity index (χ3n) is 4.69. The number of ether oxygens (including phenoxy) is 1. The van der Waals surface area contributed by atoms with Gasteiger partial charge in [-0.05, 0) is 56.7 Å². The Morgan fingerprint density at radius 2 is 1.81 bits per heavy atom. The van der Waals surface area contributed by atoms with Gasteiger partial charge >= 0.3 is 5.97 Å². The van der Waals surface area contributed by atoms with Crippen molar-refractivity contribution in [3.63, 3.8) is 0 Å². The largest absolute Gasteiger partial charge is 0.454 e. The Balaban J connectivity index is 1.79. The maximum absolute atomic E-state index is 12.5. The normalized spacial score (nSPS) is 27.0. The summed E-state index contributed by atoms with van der Waals surface area (Å²) >= 11 is 0. The summed E-state index contributed by atoms with van der Waals surface area (Å²) in [6, 6.07) is 4.07. The molecule has 21 heavy (non-hydrogen) atoms. The Morgan fingerprint density at radius 3 is 2.48 bits per heavy atom. The molecule has 2 nitrogen and oxygen atoms in total. The fourth-order valence-electron chi connectivity index (χ4n) is 3.83. The van der Waals surface area contributed by atoms with Crippen LogP contribution in [0.5, 0.6) is 0 Å². The van der Waals surface area contributed by atoms with Crippen molar-refractivity contribution < 1.29 is 9.53 Å². The van der Waals surface area contributed by atoms with Crippen LogP contribution in [0, 0.1) is 32.6 Å². The van der Waals surface area contributed by atoms with Crippen LogP contribution >= 0.6 is 0 Å². The van der Waals surface area contributed by atoms with Crippen LogP contribution in [0.2, 0.25) is 0 Å². The summed E-state index contributed by atoms with van der Waals surface area (Å²) in [4.78, 5) is 12.5. The number of fused-ring (bicyclic) bond motifs is 1. The molecule has 2 heteroatoms. The van der Waals surface area contributed by atoms with Crippen LogP contribution in [-0.4, -0.2) is 12.1 Å². The van der Waals surface area contributed by atoms with Gasteiger partial charge in [-0.2, -0.15) is 0 Å². The lowest BCUT2D eigenvalue weighted by molar-refractivity contribution is 0.0282. The molecule has 3 rings (SSSR count). The SMILES string of the molecule is C=C1CC2C=CC(OC(=O)c3c(C)cc(C)cc3C)C2C1. The standard InChI is InChI=1S/C19H22O2/c1-11-7-13(3)18(14(4)8-11)19(20)21-17-6-5-15-9-12(2)10-16(15)17/h5-8,15-17H,2,9-10H2,1,3-4H3. The second kappa shape index (κ2) is 5.18. The number of rotatable bonds is 2. The van der Waals surface area contributed by atoms with Gasteiger partial charge in [-0.15, -0.1) is 0 Å². The molecule has 3 unspecified atom stereocenters. The second-order valence-corrected chi connectivity index (χ2v) is 6.51. The van der Waals surface area contributed by atoms with Crippen molar-refractivity contribution in [1.29, 1.82) is 0 Å². The van der Waals surface area contributed by atoms with Gasteiger partial charge in [-0.1, -0.05) is 35.9 Å². The molecule has 1 fully saturated rings. The van der Waals surface area contributed by atoms with Gasteiger partial charge in [0.1, 0.15) is 6.10 Å². The third kappa shape index (κ3) is 2.55. The molecule has 3 atom stereocenters. The topological polar surface area (TPSA) is 26.3 Å². The lowest BCUT2D eigenvalue weighted by Gasteiger charge is -2.20.